The molecule has 5 heteroatoms. The average molecular weight is 366 g/mol. The summed E-state index contributed by atoms with van der Waals surface area (Å²) in [4.78, 5) is 16.3. The first-order chi connectivity index (χ1) is 13.0. The van der Waals surface area contributed by atoms with Crippen LogP contribution in [0.4, 0.5) is 5.69 Å². The minimum absolute atomic E-state index is 0.112. The lowest BCUT2D eigenvalue weighted by Gasteiger charge is -2.14. The van der Waals surface area contributed by atoms with Crippen molar-refractivity contribution in [2.45, 2.75) is 45.4 Å². The first-order valence-electron chi connectivity index (χ1n) is 9.56. The summed E-state index contributed by atoms with van der Waals surface area (Å²) >= 11 is 0. The minimum atomic E-state index is -0.112. The minimum Gasteiger partial charge on any atom is -0.497 e. The van der Waals surface area contributed by atoms with Gasteiger partial charge in [0.05, 0.1) is 31.0 Å². The van der Waals surface area contributed by atoms with Crippen molar-refractivity contribution in [2.75, 3.05) is 19.5 Å². The zero-order valence-corrected chi connectivity index (χ0v) is 16.4. The molecule has 1 amide bonds. The SMILES string of the molecule is COc1cc2c(c(OC)c1)C(=Cc1[nH]c3c(c1C(C)C)CCCC3)C(=O)N2. The Kier molecular flexibility index (Phi) is 4.46. The van der Waals surface area contributed by atoms with Gasteiger partial charge in [-0.15, -0.1) is 0 Å². The average Bonchev–Trinajstić information content (AvgIpc) is 3.18. The molecule has 0 unspecified atom stereocenters. The molecule has 4 rings (SSSR count). The highest BCUT2D eigenvalue weighted by Gasteiger charge is 2.30. The van der Waals surface area contributed by atoms with Gasteiger partial charge in [-0.3, -0.25) is 4.79 Å². The zero-order valence-electron chi connectivity index (χ0n) is 16.4. The predicted molar refractivity (Wildman–Crippen MR) is 108 cm³/mol. The van der Waals surface area contributed by atoms with E-state index in [-0.39, 0.29) is 5.91 Å². The second-order valence-electron chi connectivity index (χ2n) is 7.54. The summed E-state index contributed by atoms with van der Waals surface area (Å²) in [5.74, 6) is 1.58. The molecule has 2 aliphatic rings. The fourth-order valence-electron chi connectivity index (χ4n) is 4.34. The molecular weight excluding hydrogens is 340 g/mol. The van der Waals surface area contributed by atoms with Crippen molar-refractivity contribution in [2.24, 2.45) is 0 Å². The number of fused-ring (bicyclic) bond motifs is 2. The maximum atomic E-state index is 12.7. The van der Waals surface area contributed by atoms with Crippen molar-refractivity contribution in [1.29, 1.82) is 0 Å². The van der Waals surface area contributed by atoms with Gasteiger partial charge in [0.1, 0.15) is 11.5 Å². The number of anilines is 1. The monoisotopic (exact) mass is 366 g/mol. The Balaban J connectivity index is 1.88. The lowest BCUT2D eigenvalue weighted by Crippen LogP contribution is -2.04. The van der Waals surface area contributed by atoms with Crippen LogP contribution in [0.1, 0.15) is 60.7 Å². The van der Waals surface area contributed by atoms with E-state index in [4.69, 9.17) is 9.47 Å². The number of nitrogens with one attached hydrogen (secondary N) is 2. The number of rotatable bonds is 4. The first-order valence-corrected chi connectivity index (χ1v) is 9.56. The van der Waals surface area contributed by atoms with Gasteiger partial charge in [-0.2, -0.15) is 0 Å². The van der Waals surface area contributed by atoms with E-state index in [0.717, 1.165) is 29.8 Å². The molecule has 0 bridgehead atoms. The van der Waals surface area contributed by atoms with Gasteiger partial charge in [0.2, 0.25) is 0 Å². The van der Waals surface area contributed by atoms with E-state index in [0.29, 0.717) is 23.0 Å². The fraction of sp³-hybridized carbons (Fsp3) is 0.409. The molecule has 0 spiro atoms. The number of aryl methyl sites for hydroxylation is 1. The third-order valence-electron chi connectivity index (χ3n) is 5.53. The van der Waals surface area contributed by atoms with Crippen LogP contribution in [0.3, 0.4) is 0 Å². The molecule has 2 N–H and O–H groups in total. The molecule has 5 nitrogen and oxygen atoms in total. The molecular formula is C22H26N2O3. The number of methoxy groups -OCH3 is 2. The quantitative estimate of drug-likeness (QED) is 0.782. The molecule has 27 heavy (non-hydrogen) atoms. The van der Waals surface area contributed by atoms with Gasteiger partial charge in [0.25, 0.3) is 5.91 Å². The number of amides is 1. The van der Waals surface area contributed by atoms with E-state index in [2.05, 4.69) is 24.1 Å². The van der Waals surface area contributed by atoms with Gasteiger partial charge >= 0.3 is 0 Å². The Labute approximate surface area is 159 Å². The normalized spacial score (nSPS) is 17.1. The Hall–Kier alpha value is -2.69. The van der Waals surface area contributed by atoms with Gasteiger partial charge in [-0.1, -0.05) is 13.8 Å². The zero-order chi connectivity index (χ0) is 19.1. The molecule has 1 aromatic heterocycles. The number of H-pyrrole nitrogens is 1. The number of ether oxygens (including phenoxy) is 2. The second-order valence-corrected chi connectivity index (χ2v) is 7.54. The highest BCUT2D eigenvalue weighted by Crippen LogP contribution is 2.43. The van der Waals surface area contributed by atoms with Crippen LogP contribution in [0.5, 0.6) is 11.5 Å². The number of hydrogen-bond donors (Lipinski definition) is 2. The first kappa shape index (κ1) is 17.7. The summed E-state index contributed by atoms with van der Waals surface area (Å²) < 4.78 is 10.9. The predicted octanol–water partition coefficient (Wildman–Crippen LogP) is 4.53. The summed E-state index contributed by atoms with van der Waals surface area (Å²) in [7, 11) is 3.22. The number of carbonyl (C=O) groups is 1. The van der Waals surface area contributed by atoms with Crippen LogP contribution in [0.2, 0.25) is 0 Å². The van der Waals surface area contributed by atoms with Crippen molar-refractivity contribution in [3.63, 3.8) is 0 Å². The van der Waals surface area contributed by atoms with Gasteiger partial charge in [-0.25, -0.2) is 0 Å². The van der Waals surface area contributed by atoms with Crippen molar-refractivity contribution in [1.82, 2.24) is 4.98 Å². The van der Waals surface area contributed by atoms with Crippen molar-refractivity contribution in [3.05, 3.63) is 40.2 Å². The van der Waals surface area contributed by atoms with E-state index in [9.17, 15) is 4.79 Å². The Bertz CT molecular complexity index is 938. The largest absolute Gasteiger partial charge is 0.497 e. The van der Waals surface area contributed by atoms with Crippen LogP contribution < -0.4 is 14.8 Å². The molecule has 0 fully saturated rings. The molecule has 0 saturated carbocycles. The third kappa shape index (κ3) is 2.91. The Morgan fingerprint density at radius 2 is 1.89 bits per heavy atom. The molecule has 142 valence electrons. The van der Waals surface area contributed by atoms with E-state index in [1.165, 1.54) is 29.7 Å². The van der Waals surface area contributed by atoms with Crippen LogP contribution in [0.15, 0.2) is 12.1 Å². The molecule has 0 atom stereocenters. The van der Waals surface area contributed by atoms with Crippen LogP contribution in [-0.4, -0.2) is 25.1 Å². The highest BCUT2D eigenvalue weighted by atomic mass is 16.5. The molecule has 1 aromatic carbocycles. The van der Waals surface area contributed by atoms with Crippen molar-refractivity contribution >= 4 is 23.2 Å². The standard InChI is InChI=1S/C22H26N2O3/c1-12(2)20-14-7-5-6-8-16(14)23-18(20)11-15-21-17(24-22(15)25)9-13(26-3)10-19(21)27-4/h9-12,23H,5-8H2,1-4H3,(H,24,25). The van der Waals surface area contributed by atoms with E-state index in [1.807, 2.05) is 18.2 Å². The van der Waals surface area contributed by atoms with Gasteiger partial charge in [0, 0.05) is 23.5 Å². The maximum absolute atomic E-state index is 12.7. The number of aromatic amines is 1. The topological polar surface area (TPSA) is 63.4 Å². The van der Waals surface area contributed by atoms with Crippen LogP contribution in [-0.2, 0) is 17.6 Å². The van der Waals surface area contributed by atoms with E-state index in [1.54, 1.807) is 14.2 Å². The molecule has 2 aromatic rings. The molecule has 1 aliphatic heterocycles. The third-order valence-corrected chi connectivity index (χ3v) is 5.53. The van der Waals surface area contributed by atoms with E-state index < -0.39 is 0 Å². The number of hydrogen-bond acceptors (Lipinski definition) is 3. The lowest BCUT2D eigenvalue weighted by atomic mass is 9.89. The molecule has 0 saturated heterocycles. The smallest absolute Gasteiger partial charge is 0.256 e. The van der Waals surface area contributed by atoms with Gasteiger partial charge in [0.15, 0.2) is 0 Å². The summed E-state index contributed by atoms with van der Waals surface area (Å²) in [6.07, 6.45) is 6.65. The Morgan fingerprint density at radius 3 is 2.59 bits per heavy atom. The summed E-state index contributed by atoms with van der Waals surface area (Å²) in [6.45, 7) is 4.43. The van der Waals surface area contributed by atoms with Gasteiger partial charge < -0.3 is 19.8 Å². The second kappa shape index (κ2) is 6.80. The number of aromatic nitrogens is 1. The van der Waals surface area contributed by atoms with Crippen LogP contribution in [0.25, 0.3) is 11.6 Å². The van der Waals surface area contributed by atoms with Crippen LogP contribution >= 0.6 is 0 Å². The van der Waals surface area contributed by atoms with Crippen molar-refractivity contribution in [3.8, 4) is 11.5 Å². The fourth-order valence-corrected chi connectivity index (χ4v) is 4.34. The molecule has 1 aliphatic carbocycles. The summed E-state index contributed by atoms with van der Waals surface area (Å²) in [6, 6.07) is 3.65. The number of carbonyl (C=O) groups excluding carboxylic acids is 1. The molecule has 0 radical (unpaired) electrons. The summed E-state index contributed by atoms with van der Waals surface area (Å²) in [5, 5.41) is 2.95. The highest BCUT2D eigenvalue weighted by molar-refractivity contribution is 6.35. The Morgan fingerprint density at radius 1 is 1.11 bits per heavy atom. The lowest BCUT2D eigenvalue weighted by molar-refractivity contribution is -0.110. The summed E-state index contributed by atoms with van der Waals surface area (Å²) in [5.41, 5.74) is 7.32. The van der Waals surface area contributed by atoms with Crippen molar-refractivity contribution < 1.29 is 14.3 Å². The molecule has 2 heterocycles. The number of benzene rings is 1. The van der Waals surface area contributed by atoms with Crippen LogP contribution in [0, 0.1) is 0 Å². The maximum Gasteiger partial charge on any atom is 0.256 e. The van der Waals surface area contributed by atoms with E-state index >= 15 is 0 Å². The van der Waals surface area contributed by atoms with Gasteiger partial charge in [-0.05, 0) is 48.8 Å².